The fourth-order valence-electron chi connectivity index (χ4n) is 1.36. The normalized spacial score (nSPS) is 14.2. The van der Waals surface area contributed by atoms with Crippen LogP contribution in [0, 0.1) is 28.9 Å². The van der Waals surface area contributed by atoms with Crippen LogP contribution in [0.15, 0.2) is 18.2 Å². The predicted molar refractivity (Wildman–Crippen MR) is 57.6 cm³/mol. The van der Waals surface area contributed by atoms with Gasteiger partial charge in [-0.15, -0.1) is 0 Å². The lowest BCUT2D eigenvalue weighted by molar-refractivity contribution is 0.496. The molecule has 0 aliphatic heterocycles. The van der Waals surface area contributed by atoms with E-state index in [0.717, 1.165) is 6.07 Å². The summed E-state index contributed by atoms with van der Waals surface area (Å²) in [7, 11) is 0. The zero-order valence-electron chi connectivity index (χ0n) is 9.30. The van der Waals surface area contributed by atoms with Crippen LogP contribution in [-0.4, -0.2) is 6.54 Å². The molecule has 1 N–H and O–H groups in total. The molecule has 0 fully saturated rings. The second kappa shape index (κ2) is 5.57. The predicted octanol–water partition coefficient (Wildman–Crippen LogP) is 2.78. The van der Waals surface area contributed by atoms with Gasteiger partial charge in [0, 0.05) is 24.2 Å². The van der Waals surface area contributed by atoms with Crippen molar-refractivity contribution in [1.82, 2.24) is 5.32 Å². The van der Waals surface area contributed by atoms with Crippen LogP contribution in [0.5, 0.6) is 0 Å². The van der Waals surface area contributed by atoms with Crippen molar-refractivity contribution in [2.45, 2.75) is 19.9 Å². The Bertz CT molecular complexity index is 398. The van der Waals surface area contributed by atoms with E-state index in [9.17, 15) is 8.78 Å². The first kappa shape index (κ1) is 12.6. The standard InChI is InChI=1S/C12H14F2N2/c1-8(6-15)7-16-9(2)11-4-3-10(13)5-12(11)14/h3-5,8-9,16H,7H2,1-2H3. The van der Waals surface area contributed by atoms with Gasteiger partial charge in [-0.2, -0.15) is 5.26 Å². The first-order valence-corrected chi connectivity index (χ1v) is 5.12. The summed E-state index contributed by atoms with van der Waals surface area (Å²) >= 11 is 0. The highest BCUT2D eigenvalue weighted by Gasteiger charge is 2.12. The van der Waals surface area contributed by atoms with E-state index in [4.69, 9.17) is 5.26 Å². The molecule has 0 heterocycles. The minimum Gasteiger partial charge on any atom is -0.309 e. The maximum atomic E-state index is 13.4. The summed E-state index contributed by atoms with van der Waals surface area (Å²) in [5.74, 6) is -1.28. The van der Waals surface area contributed by atoms with E-state index < -0.39 is 11.6 Å². The molecule has 2 unspecified atom stereocenters. The quantitative estimate of drug-likeness (QED) is 0.853. The number of hydrogen-bond donors (Lipinski definition) is 1. The van der Waals surface area contributed by atoms with Gasteiger partial charge >= 0.3 is 0 Å². The zero-order chi connectivity index (χ0) is 12.1. The third kappa shape index (κ3) is 3.28. The van der Waals surface area contributed by atoms with Crippen LogP contribution in [-0.2, 0) is 0 Å². The molecule has 0 saturated carbocycles. The third-order valence-corrected chi connectivity index (χ3v) is 2.38. The van der Waals surface area contributed by atoms with Crippen molar-refractivity contribution >= 4 is 0 Å². The van der Waals surface area contributed by atoms with Crippen LogP contribution < -0.4 is 5.32 Å². The Morgan fingerprint density at radius 2 is 2.06 bits per heavy atom. The molecule has 16 heavy (non-hydrogen) atoms. The Labute approximate surface area is 93.9 Å². The summed E-state index contributed by atoms with van der Waals surface area (Å²) in [6.45, 7) is 4.04. The lowest BCUT2D eigenvalue weighted by atomic mass is 10.1. The minimum absolute atomic E-state index is 0.133. The first-order chi connectivity index (χ1) is 7.54. The van der Waals surface area contributed by atoms with Gasteiger partial charge in [-0.3, -0.25) is 0 Å². The van der Waals surface area contributed by atoms with Crippen molar-refractivity contribution in [1.29, 1.82) is 5.26 Å². The molecule has 2 nitrogen and oxygen atoms in total. The van der Waals surface area contributed by atoms with Crippen LogP contribution in [0.4, 0.5) is 8.78 Å². The maximum absolute atomic E-state index is 13.4. The Morgan fingerprint density at radius 3 is 2.62 bits per heavy atom. The van der Waals surface area contributed by atoms with E-state index in [-0.39, 0.29) is 12.0 Å². The van der Waals surface area contributed by atoms with E-state index in [1.807, 2.05) is 0 Å². The van der Waals surface area contributed by atoms with Gasteiger partial charge < -0.3 is 5.32 Å². The Hall–Kier alpha value is -1.47. The number of rotatable bonds is 4. The van der Waals surface area contributed by atoms with Gasteiger partial charge in [0.15, 0.2) is 0 Å². The number of nitrogens with zero attached hydrogens (tertiary/aromatic N) is 1. The molecule has 1 rings (SSSR count). The van der Waals surface area contributed by atoms with Crippen LogP contribution in [0.2, 0.25) is 0 Å². The molecule has 4 heteroatoms. The number of halogens is 2. The van der Waals surface area contributed by atoms with Crippen molar-refractivity contribution in [2.75, 3.05) is 6.54 Å². The molecule has 1 aromatic carbocycles. The summed E-state index contributed by atoms with van der Waals surface area (Å²) in [4.78, 5) is 0. The number of hydrogen-bond acceptors (Lipinski definition) is 2. The molecule has 0 aliphatic carbocycles. The first-order valence-electron chi connectivity index (χ1n) is 5.12. The zero-order valence-corrected chi connectivity index (χ0v) is 9.30. The van der Waals surface area contributed by atoms with Gasteiger partial charge in [0.2, 0.25) is 0 Å². The summed E-state index contributed by atoms with van der Waals surface area (Å²) in [5, 5.41) is 11.6. The Balaban J connectivity index is 2.66. The van der Waals surface area contributed by atoms with Crippen molar-refractivity contribution in [3.63, 3.8) is 0 Å². The highest BCUT2D eigenvalue weighted by molar-refractivity contribution is 5.21. The number of nitrogens with one attached hydrogen (secondary N) is 1. The van der Waals surface area contributed by atoms with Gasteiger partial charge in [-0.25, -0.2) is 8.78 Å². The van der Waals surface area contributed by atoms with Gasteiger partial charge in [-0.05, 0) is 19.9 Å². The van der Waals surface area contributed by atoms with Gasteiger partial charge in [0.1, 0.15) is 11.6 Å². The molecule has 0 aliphatic rings. The van der Waals surface area contributed by atoms with E-state index in [1.165, 1.54) is 12.1 Å². The smallest absolute Gasteiger partial charge is 0.130 e. The highest BCUT2D eigenvalue weighted by atomic mass is 19.1. The summed E-state index contributed by atoms with van der Waals surface area (Å²) in [6.07, 6.45) is 0. The summed E-state index contributed by atoms with van der Waals surface area (Å²) in [5.41, 5.74) is 0.409. The molecule has 2 atom stereocenters. The largest absolute Gasteiger partial charge is 0.309 e. The van der Waals surface area contributed by atoms with E-state index in [1.54, 1.807) is 13.8 Å². The monoisotopic (exact) mass is 224 g/mol. The molecule has 0 bridgehead atoms. The lowest BCUT2D eigenvalue weighted by Crippen LogP contribution is -2.24. The molecule has 0 radical (unpaired) electrons. The molecule has 0 spiro atoms. The topological polar surface area (TPSA) is 35.8 Å². The van der Waals surface area contributed by atoms with Crippen LogP contribution in [0.25, 0.3) is 0 Å². The molecule has 1 aromatic rings. The fraction of sp³-hybridized carbons (Fsp3) is 0.417. The third-order valence-electron chi connectivity index (χ3n) is 2.38. The van der Waals surface area contributed by atoms with Crippen molar-refractivity contribution < 1.29 is 8.78 Å². The van der Waals surface area contributed by atoms with Crippen molar-refractivity contribution in [3.8, 4) is 6.07 Å². The van der Waals surface area contributed by atoms with Crippen molar-refractivity contribution in [2.24, 2.45) is 5.92 Å². The van der Waals surface area contributed by atoms with Crippen LogP contribution >= 0.6 is 0 Å². The van der Waals surface area contributed by atoms with Crippen LogP contribution in [0.3, 0.4) is 0 Å². The molecule has 86 valence electrons. The van der Waals surface area contributed by atoms with Gasteiger partial charge in [0.05, 0.1) is 12.0 Å². The lowest BCUT2D eigenvalue weighted by Gasteiger charge is -2.15. The number of benzene rings is 1. The SMILES string of the molecule is CC(C#N)CNC(C)c1ccc(F)cc1F. The second-order valence-corrected chi connectivity index (χ2v) is 3.83. The van der Waals surface area contributed by atoms with Crippen molar-refractivity contribution in [3.05, 3.63) is 35.4 Å². The van der Waals surface area contributed by atoms with Crippen LogP contribution in [0.1, 0.15) is 25.5 Å². The maximum Gasteiger partial charge on any atom is 0.130 e. The summed E-state index contributed by atoms with van der Waals surface area (Å²) < 4.78 is 26.0. The Morgan fingerprint density at radius 1 is 1.38 bits per heavy atom. The van der Waals surface area contributed by atoms with E-state index in [0.29, 0.717) is 12.1 Å². The van der Waals surface area contributed by atoms with E-state index in [2.05, 4.69) is 11.4 Å². The molecule has 0 amide bonds. The van der Waals surface area contributed by atoms with E-state index >= 15 is 0 Å². The Kier molecular flexibility index (Phi) is 4.39. The fourth-order valence-corrected chi connectivity index (χ4v) is 1.36. The minimum atomic E-state index is -0.584. The average molecular weight is 224 g/mol. The second-order valence-electron chi connectivity index (χ2n) is 3.83. The average Bonchev–Trinajstić information content (AvgIpc) is 2.25. The number of nitriles is 1. The molecular weight excluding hydrogens is 210 g/mol. The van der Waals surface area contributed by atoms with Gasteiger partial charge in [-0.1, -0.05) is 6.07 Å². The summed E-state index contributed by atoms with van der Waals surface area (Å²) in [6, 6.07) is 5.34. The molecule has 0 saturated heterocycles. The molecular formula is C12H14F2N2. The van der Waals surface area contributed by atoms with Gasteiger partial charge in [0.25, 0.3) is 0 Å². The molecule has 0 aromatic heterocycles. The highest BCUT2D eigenvalue weighted by Crippen LogP contribution is 2.17.